The zero-order chi connectivity index (χ0) is 16.5. The number of ether oxygens (including phenoxy) is 1. The minimum absolute atomic E-state index is 0.106. The molecule has 0 unspecified atom stereocenters. The van der Waals surface area contributed by atoms with Crippen LogP contribution in [-0.4, -0.2) is 27.3 Å². The fraction of sp³-hybridized carbons (Fsp3) is 0.375. The van der Waals surface area contributed by atoms with Crippen LogP contribution in [0.3, 0.4) is 0 Å². The Kier molecular flexibility index (Phi) is 4.60. The highest BCUT2D eigenvalue weighted by atomic mass is 79.9. The number of carboxylic acids is 1. The van der Waals surface area contributed by atoms with E-state index in [1.807, 2.05) is 20.8 Å². The average Bonchev–Trinajstić information content (AvgIpc) is 2.76. The molecular formula is C16H18BrNO4. The molecule has 22 heavy (non-hydrogen) atoms. The maximum atomic E-state index is 12.5. The van der Waals surface area contributed by atoms with Crippen LogP contribution < -0.4 is 0 Å². The molecule has 0 aliphatic heterocycles. The molecule has 0 fully saturated rings. The fourth-order valence-corrected chi connectivity index (χ4v) is 2.81. The van der Waals surface area contributed by atoms with E-state index in [1.165, 1.54) is 6.07 Å². The highest BCUT2D eigenvalue weighted by Crippen LogP contribution is 2.26. The molecule has 2 rings (SSSR count). The Morgan fingerprint density at radius 1 is 1.32 bits per heavy atom. The molecule has 1 aromatic carbocycles. The minimum Gasteiger partial charge on any atom is -0.477 e. The predicted molar refractivity (Wildman–Crippen MR) is 87.5 cm³/mol. The fourth-order valence-electron chi connectivity index (χ4n) is 2.46. The number of aromatic nitrogens is 1. The minimum atomic E-state index is -1.17. The lowest BCUT2D eigenvalue weighted by atomic mass is 10.0. The van der Waals surface area contributed by atoms with E-state index in [0.29, 0.717) is 17.3 Å². The topological polar surface area (TPSA) is 68.5 Å². The molecule has 0 bridgehead atoms. The van der Waals surface area contributed by atoms with Crippen molar-refractivity contribution in [2.24, 2.45) is 0 Å². The van der Waals surface area contributed by atoms with Crippen LogP contribution in [0.25, 0.3) is 10.9 Å². The number of carboxylic acid groups (broad SMARTS) is 1. The van der Waals surface area contributed by atoms with Crippen molar-refractivity contribution in [2.45, 2.75) is 39.2 Å². The molecule has 2 aromatic rings. The van der Waals surface area contributed by atoms with Gasteiger partial charge in [0.05, 0.1) is 5.52 Å². The summed E-state index contributed by atoms with van der Waals surface area (Å²) in [6, 6.07) is 6.73. The van der Waals surface area contributed by atoms with E-state index in [2.05, 4.69) is 15.9 Å². The molecular weight excluding hydrogens is 350 g/mol. The number of halogens is 1. The van der Waals surface area contributed by atoms with Gasteiger partial charge in [-0.2, -0.15) is 0 Å². The van der Waals surface area contributed by atoms with Crippen molar-refractivity contribution in [2.75, 3.05) is 0 Å². The largest absolute Gasteiger partial charge is 0.477 e. The number of hydrogen-bond donors (Lipinski definition) is 1. The molecule has 0 saturated carbocycles. The third-order valence-corrected chi connectivity index (χ3v) is 3.88. The van der Waals surface area contributed by atoms with Gasteiger partial charge in [0.1, 0.15) is 11.3 Å². The second kappa shape index (κ2) is 6.12. The predicted octanol–water partition coefficient (Wildman–Crippen LogP) is 4.67. The van der Waals surface area contributed by atoms with Crippen LogP contribution >= 0.6 is 15.9 Å². The first-order chi connectivity index (χ1) is 10.2. The zero-order valence-corrected chi connectivity index (χ0v) is 14.3. The summed E-state index contributed by atoms with van der Waals surface area (Å²) in [7, 11) is 0. The maximum Gasteiger partial charge on any atom is 0.419 e. The van der Waals surface area contributed by atoms with E-state index in [1.54, 1.807) is 18.2 Å². The molecule has 0 radical (unpaired) electrons. The summed E-state index contributed by atoms with van der Waals surface area (Å²) in [6.45, 7) is 5.63. The summed E-state index contributed by atoms with van der Waals surface area (Å²) in [6.07, 6.45) is 0.887. The van der Waals surface area contributed by atoms with E-state index in [0.717, 1.165) is 15.5 Å². The summed E-state index contributed by atoms with van der Waals surface area (Å²) in [5.74, 6) is -1.17. The second-order valence-corrected chi connectivity index (χ2v) is 6.67. The van der Waals surface area contributed by atoms with Crippen LogP contribution in [0.2, 0.25) is 0 Å². The Hall–Kier alpha value is -1.82. The van der Waals surface area contributed by atoms with Gasteiger partial charge >= 0.3 is 12.1 Å². The van der Waals surface area contributed by atoms with Gasteiger partial charge in [-0.3, -0.25) is 0 Å². The Morgan fingerprint density at radius 3 is 2.59 bits per heavy atom. The quantitative estimate of drug-likeness (QED) is 0.852. The van der Waals surface area contributed by atoms with Crippen LogP contribution in [0.1, 0.15) is 44.1 Å². The van der Waals surface area contributed by atoms with E-state index >= 15 is 0 Å². The van der Waals surface area contributed by atoms with Gasteiger partial charge in [-0.25, -0.2) is 14.2 Å². The molecule has 5 nitrogen and oxygen atoms in total. The Bertz CT molecular complexity index is 733. The average molecular weight is 368 g/mol. The maximum absolute atomic E-state index is 12.5. The number of aromatic carboxylic acids is 1. The summed E-state index contributed by atoms with van der Waals surface area (Å²) >= 11 is 3.34. The number of benzene rings is 1. The van der Waals surface area contributed by atoms with Gasteiger partial charge in [-0.05, 0) is 38.5 Å². The molecule has 1 N–H and O–H groups in total. The Balaban J connectivity index is 2.52. The van der Waals surface area contributed by atoms with Crippen LogP contribution in [0, 0.1) is 0 Å². The monoisotopic (exact) mass is 367 g/mol. The first-order valence-electron chi connectivity index (χ1n) is 7.03. The molecule has 0 saturated heterocycles. The molecule has 0 spiro atoms. The second-order valence-electron chi connectivity index (χ2n) is 5.75. The lowest BCUT2D eigenvalue weighted by molar-refractivity contribution is 0.0324. The first-order valence-corrected chi connectivity index (χ1v) is 7.82. The SMILES string of the molecule is CCCC(C)(C)OC(=O)n1c(C(=O)O)cc2ccc(Br)cc21. The Morgan fingerprint density at radius 2 is 2.00 bits per heavy atom. The molecule has 0 atom stereocenters. The standard InChI is InChI=1S/C16H18BrNO4/c1-4-7-16(2,3)22-15(21)18-12-9-11(17)6-5-10(12)8-13(18)14(19)20/h5-6,8-9H,4,7H2,1-3H3,(H,19,20). The molecule has 1 aromatic heterocycles. The highest BCUT2D eigenvalue weighted by Gasteiger charge is 2.27. The molecule has 6 heteroatoms. The third kappa shape index (κ3) is 3.32. The van der Waals surface area contributed by atoms with Gasteiger partial charge in [0, 0.05) is 9.86 Å². The van der Waals surface area contributed by atoms with Gasteiger partial charge in [-0.15, -0.1) is 0 Å². The van der Waals surface area contributed by atoms with E-state index in [4.69, 9.17) is 4.74 Å². The first kappa shape index (κ1) is 16.5. The lowest BCUT2D eigenvalue weighted by Gasteiger charge is -2.25. The van der Waals surface area contributed by atoms with Crippen LogP contribution in [-0.2, 0) is 4.74 Å². The molecule has 1 heterocycles. The number of carbonyl (C=O) groups is 2. The van der Waals surface area contributed by atoms with Crippen molar-refractivity contribution in [3.63, 3.8) is 0 Å². The smallest absolute Gasteiger partial charge is 0.419 e. The van der Waals surface area contributed by atoms with Gasteiger partial charge in [0.15, 0.2) is 0 Å². The van der Waals surface area contributed by atoms with Crippen molar-refractivity contribution < 1.29 is 19.4 Å². The van der Waals surface area contributed by atoms with Gasteiger partial charge < -0.3 is 9.84 Å². The van der Waals surface area contributed by atoms with Crippen molar-refractivity contribution in [3.05, 3.63) is 34.4 Å². The summed E-state index contributed by atoms with van der Waals surface area (Å²) in [4.78, 5) is 23.9. The number of carbonyl (C=O) groups excluding carboxylic acids is 1. The van der Waals surface area contributed by atoms with E-state index in [-0.39, 0.29) is 5.69 Å². The lowest BCUT2D eigenvalue weighted by Crippen LogP contribution is -2.31. The molecule has 0 amide bonds. The van der Waals surface area contributed by atoms with E-state index in [9.17, 15) is 14.7 Å². The normalized spacial score (nSPS) is 11.6. The number of hydrogen-bond acceptors (Lipinski definition) is 3. The van der Waals surface area contributed by atoms with Crippen LogP contribution in [0.4, 0.5) is 4.79 Å². The number of rotatable bonds is 4. The van der Waals surface area contributed by atoms with Crippen LogP contribution in [0.15, 0.2) is 28.7 Å². The van der Waals surface area contributed by atoms with Crippen molar-refractivity contribution in [1.82, 2.24) is 4.57 Å². The van der Waals surface area contributed by atoms with Gasteiger partial charge in [0.2, 0.25) is 0 Å². The zero-order valence-electron chi connectivity index (χ0n) is 12.7. The van der Waals surface area contributed by atoms with Crippen molar-refractivity contribution >= 4 is 38.9 Å². The third-order valence-electron chi connectivity index (χ3n) is 3.38. The molecule has 118 valence electrons. The summed E-state index contributed by atoms with van der Waals surface area (Å²) in [5, 5.41) is 10.0. The molecule has 0 aliphatic rings. The van der Waals surface area contributed by atoms with Crippen molar-refractivity contribution in [1.29, 1.82) is 0 Å². The van der Waals surface area contributed by atoms with Gasteiger partial charge in [0.25, 0.3) is 0 Å². The van der Waals surface area contributed by atoms with Crippen molar-refractivity contribution in [3.8, 4) is 0 Å². The van der Waals surface area contributed by atoms with Gasteiger partial charge in [-0.1, -0.05) is 35.3 Å². The number of fused-ring (bicyclic) bond motifs is 1. The molecule has 0 aliphatic carbocycles. The highest BCUT2D eigenvalue weighted by molar-refractivity contribution is 9.10. The summed E-state index contributed by atoms with van der Waals surface area (Å²) in [5.41, 5.74) is -0.251. The van der Waals surface area contributed by atoms with E-state index < -0.39 is 17.7 Å². The van der Waals surface area contributed by atoms with Crippen LogP contribution in [0.5, 0.6) is 0 Å². The number of nitrogens with zero attached hydrogens (tertiary/aromatic N) is 1. The summed E-state index contributed by atoms with van der Waals surface area (Å²) < 4.78 is 7.38. The Labute approximate surface area is 137 Å².